The number of nitrogens with zero attached hydrogens (tertiary/aromatic N) is 1. The van der Waals surface area contributed by atoms with Crippen molar-refractivity contribution in [3.8, 4) is 0 Å². The van der Waals surface area contributed by atoms with Gasteiger partial charge in [-0.3, -0.25) is 10.4 Å². The summed E-state index contributed by atoms with van der Waals surface area (Å²) in [5.41, 5.74) is 2.05. The molecule has 0 aliphatic rings. The quantitative estimate of drug-likeness (QED) is 0.531. The molecule has 0 spiro atoms. The Kier molecular flexibility index (Phi) is 4.28. The Morgan fingerprint density at radius 3 is 2.27 bits per heavy atom. The molecule has 2 nitrogen and oxygen atoms in total. The second-order valence-corrected chi connectivity index (χ2v) is 6.33. The highest BCUT2D eigenvalue weighted by Gasteiger charge is 2.15. The molecule has 2 aromatic carbocycles. The second kappa shape index (κ2) is 6.05. The van der Waals surface area contributed by atoms with Crippen molar-refractivity contribution in [3.05, 3.63) is 73.8 Å². The van der Waals surface area contributed by atoms with Gasteiger partial charge in [0, 0.05) is 27.7 Å². The van der Waals surface area contributed by atoms with Crippen LogP contribution in [-0.4, -0.2) is 10.7 Å². The molecule has 0 atom stereocenters. The van der Waals surface area contributed by atoms with Gasteiger partial charge in [0.1, 0.15) is 0 Å². The van der Waals surface area contributed by atoms with Crippen LogP contribution in [0.3, 0.4) is 0 Å². The van der Waals surface area contributed by atoms with Gasteiger partial charge in [-0.2, -0.15) is 0 Å². The largest absolute Gasteiger partial charge is 0.300 e. The average molecular weight is 370 g/mol. The lowest BCUT2D eigenvalue weighted by Crippen LogP contribution is -2.04. The van der Waals surface area contributed by atoms with E-state index in [1.807, 2.05) is 0 Å². The number of pyridine rings is 1. The topological polar surface area (TPSA) is 36.7 Å². The summed E-state index contributed by atoms with van der Waals surface area (Å²) < 4.78 is 0. The smallest absolute Gasteiger partial charge is 0.0812 e. The van der Waals surface area contributed by atoms with Gasteiger partial charge in [0.05, 0.1) is 26.3 Å². The summed E-state index contributed by atoms with van der Waals surface area (Å²) in [6, 6.07) is 10.2. The summed E-state index contributed by atoms with van der Waals surface area (Å²) in [5, 5.41) is 11.1. The molecule has 1 aromatic heterocycles. The minimum absolute atomic E-state index is 0.248. The molecular weight excluding hydrogens is 362 g/mol. The molecule has 6 heteroatoms. The molecule has 22 heavy (non-hydrogen) atoms. The standard InChI is InChI=1S/C16H8Cl4N2/c17-8-1-2-10(14(20)6-8)15(21)11-3-4-13(19)12-5-9(18)7-22-16(11)12/h1-7,21H. The van der Waals surface area contributed by atoms with Crippen molar-refractivity contribution in [2.75, 3.05) is 0 Å². The highest BCUT2D eigenvalue weighted by Crippen LogP contribution is 2.30. The summed E-state index contributed by atoms with van der Waals surface area (Å²) in [7, 11) is 0. The number of rotatable bonds is 2. The molecular formula is C16H8Cl4N2. The predicted octanol–water partition coefficient (Wildman–Crippen LogP) is 6.26. The number of hydrogen-bond donors (Lipinski definition) is 1. The first-order valence-electron chi connectivity index (χ1n) is 6.25. The van der Waals surface area contributed by atoms with Crippen LogP contribution in [0.1, 0.15) is 11.1 Å². The van der Waals surface area contributed by atoms with Crippen molar-refractivity contribution in [1.82, 2.24) is 4.98 Å². The zero-order chi connectivity index (χ0) is 15.9. The van der Waals surface area contributed by atoms with E-state index >= 15 is 0 Å². The van der Waals surface area contributed by atoms with Crippen LogP contribution in [0.15, 0.2) is 42.6 Å². The zero-order valence-corrected chi connectivity index (χ0v) is 14.0. The van der Waals surface area contributed by atoms with Gasteiger partial charge in [0.25, 0.3) is 0 Å². The highest BCUT2D eigenvalue weighted by molar-refractivity contribution is 6.39. The number of nitrogens with one attached hydrogen (secondary N) is 1. The van der Waals surface area contributed by atoms with E-state index in [-0.39, 0.29) is 5.71 Å². The van der Waals surface area contributed by atoms with Crippen LogP contribution < -0.4 is 0 Å². The first-order valence-corrected chi connectivity index (χ1v) is 7.76. The number of aromatic nitrogens is 1. The van der Waals surface area contributed by atoms with Crippen molar-refractivity contribution in [1.29, 1.82) is 5.41 Å². The first kappa shape index (κ1) is 15.6. The maximum atomic E-state index is 8.44. The van der Waals surface area contributed by atoms with Gasteiger partial charge in [-0.05, 0) is 36.4 Å². The number of hydrogen-bond acceptors (Lipinski definition) is 2. The Bertz CT molecular complexity index is 906. The lowest BCUT2D eigenvalue weighted by Gasteiger charge is -2.11. The van der Waals surface area contributed by atoms with E-state index < -0.39 is 0 Å². The van der Waals surface area contributed by atoms with Gasteiger partial charge >= 0.3 is 0 Å². The normalized spacial score (nSPS) is 10.9. The van der Waals surface area contributed by atoms with E-state index in [9.17, 15) is 0 Å². The summed E-state index contributed by atoms with van der Waals surface area (Å²) >= 11 is 24.3. The van der Waals surface area contributed by atoms with Crippen LogP contribution in [0.25, 0.3) is 10.9 Å². The second-order valence-electron chi connectivity index (χ2n) is 4.64. The van der Waals surface area contributed by atoms with Crippen LogP contribution in [0.4, 0.5) is 0 Å². The Hall–Kier alpha value is -1.32. The van der Waals surface area contributed by atoms with Gasteiger partial charge in [-0.25, -0.2) is 0 Å². The van der Waals surface area contributed by atoms with E-state index in [1.54, 1.807) is 36.4 Å². The Balaban J connectivity index is 2.22. The highest BCUT2D eigenvalue weighted by atomic mass is 35.5. The van der Waals surface area contributed by atoms with Crippen molar-refractivity contribution >= 4 is 63.0 Å². The maximum absolute atomic E-state index is 8.44. The van der Waals surface area contributed by atoms with Crippen LogP contribution >= 0.6 is 46.4 Å². The van der Waals surface area contributed by atoms with Crippen molar-refractivity contribution in [3.63, 3.8) is 0 Å². The van der Waals surface area contributed by atoms with E-state index in [0.29, 0.717) is 42.1 Å². The fraction of sp³-hybridized carbons (Fsp3) is 0. The van der Waals surface area contributed by atoms with Gasteiger partial charge in [0.2, 0.25) is 0 Å². The van der Waals surface area contributed by atoms with E-state index in [1.165, 1.54) is 6.20 Å². The van der Waals surface area contributed by atoms with Crippen LogP contribution in [0.2, 0.25) is 20.1 Å². The lowest BCUT2D eigenvalue weighted by molar-refractivity contribution is 1.39. The molecule has 3 aromatic rings. The summed E-state index contributed by atoms with van der Waals surface area (Å²) in [5.74, 6) is 0. The molecule has 0 amide bonds. The van der Waals surface area contributed by atoms with Gasteiger partial charge in [0.15, 0.2) is 0 Å². The minimum Gasteiger partial charge on any atom is -0.300 e. The Labute approximate surface area is 147 Å². The molecule has 0 saturated heterocycles. The Morgan fingerprint density at radius 2 is 1.55 bits per heavy atom. The van der Waals surface area contributed by atoms with Crippen LogP contribution in [0, 0.1) is 5.41 Å². The molecule has 0 saturated carbocycles. The maximum Gasteiger partial charge on any atom is 0.0812 e. The van der Waals surface area contributed by atoms with E-state index in [0.717, 1.165) is 0 Å². The summed E-state index contributed by atoms with van der Waals surface area (Å²) in [4.78, 5) is 4.31. The van der Waals surface area contributed by atoms with Crippen LogP contribution in [0.5, 0.6) is 0 Å². The molecule has 0 bridgehead atoms. The third kappa shape index (κ3) is 2.80. The molecule has 0 unspecified atom stereocenters. The average Bonchev–Trinajstić information content (AvgIpc) is 2.47. The minimum atomic E-state index is 0.248. The summed E-state index contributed by atoms with van der Waals surface area (Å²) in [6.45, 7) is 0. The predicted molar refractivity (Wildman–Crippen MR) is 94.2 cm³/mol. The zero-order valence-electron chi connectivity index (χ0n) is 11.0. The van der Waals surface area contributed by atoms with Crippen molar-refractivity contribution in [2.24, 2.45) is 0 Å². The number of benzene rings is 2. The molecule has 0 radical (unpaired) electrons. The SMILES string of the molecule is N=C(c1ccc(Cl)cc1Cl)c1ccc(Cl)c2cc(Cl)cnc12. The van der Waals surface area contributed by atoms with Gasteiger partial charge < -0.3 is 0 Å². The van der Waals surface area contributed by atoms with E-state index in [4.69, 9.17) is 51.8 Å². The van der Waals surface area contributed by atoms with Gasteiger partial charge in [-0.15, -0.1) is 0 Å². The molecule has 1 heterocycles. The fourth-order valence-corrected chi connectivity index (χ4v) is 3.07. The fourth-order valence-electron chi connectivity index (χ4n) is 2.20. The monoisotopic (exact) mass is 368 g/mol. The number of fused-ring (bicyclic) bond motifs is 1. The van der Waals surface area contributed by atoms with E-state index in [2.05, 4.69) is 4.98 Å². The third-order valence-corrected chi connectivity index (χ3v) is 4.32. The molecule has 0 aliphatic heterocycles. The van der Waals surface area contributed by atoms with Crippen LogP contribution in [-0.2, 0) is 0 Å². The Morgan fingerprint density at radius 1 is 0.818 bits per heavy atom. The molecule has 0 aliphatic carbocycles. The molecule has 110 valence electrons. The third-order valence-electron chi connectivity index (χ3n) is 3.23. The molecule has 3 rings (SSSR count). The number of halogens is 4. The van der Waals surface area contributed by atoms with Crippen molar-refractivity contribution < 1.29 is 0 Å². The lowest BCUT2D eigenvalue weighted by atomic mass is 9.99. The molecule has 1 N–H and O–H groups in total. The summed E-state index contributed by atoms with van der Waals surface area (Å²) in [6.07, 6.45) is 1.53. The van der Waals surface area contributed by atoms with Crippen molar-refractivity contribution in [2.45, 2.75) is 0 Å². The first-order chi connectivity index (χ1) is 10.5. The van der Waals surface area contributed by atoms with Gasteiger partial charge in [-0.1, -0.05) is 46.4 Å². The molecule has 0 fully saturated rings.